The maximum Gasteiger partial charge on any atom is 0.250 e. The van der Waals surface area contributed by atoms with Gasteiger partial charge in [0.25, 0.3) is 0 Å². The van der Waals surface area contributed by atoms with Gasteiger partial charge in [0.2, 0.25) is 10.0 Å². The first-order valence-corrected chi connectivity index (χ1v) is 9.00. The van der Waals surface area contributed by atoms with Crippen molar-refractivity contribution in [3.63, 3.8) is 0 Å². The lowest BCUT2D eigenvalue weighted by atomic mass is 9.97. The zero-order valence-corrected chi connectivity index (χ0v) is 13.4. The van der Waals surface area contributed by atoms with Gasteiger partial charge in [0.15, 0.2) is 0 Å². The number of halogens is 1. The van der Waals surface area contributed by atoms with E-state index in [1.165, 1.54) is 6.07 Å². The summed E-state index contributed by atoms with van der Waals surface area (Å²) in [7, 11) is -3.47. The molecule has 0 spiro atoms. The molecule has 1 unspecified atom stereocenters. The van der Waals surface area contributed by atoms with Crippen molar-refractivity contribution in [1.82, 2.24) is 4.72 Å². The molecule has 0 radical (unpaired) electrons. The van der Waals surface area contributed by atoms with E-state index in [0.717, 1.165) is 23.3 Å². The lowest BCUT2D eigenvalue weighted by Crippen LogP contribution is -2.27. The number of hydrogen-bond acceptors (Lipinski definition) is 3. The molecule has 1 aromatic heterocycles. The molecule has 0 aliphatic carbocycles. The van der Waals surface area contributed by atoms with E-state index >= 15 is 0 Å². The van der Waals surface area contributed by atoms with Gasteiger partial charge in [-0.1, -0.05) is 48.9 Å². The minimum atomic E-state index is -3.47. The van der Waals surface area contributed by atoms with E-state index in [2.05, 4.69) is 4.72 Å². The molecular weight excluding hydrogens is 314 g/mol. The zero-order valence-electron chi connectivity index (χ0n) is 11.0. The highest BCUT2D eigenvalue weighted by Gasteiger charge is 2.18. The van der Waals surface area contributed by atoms with Gasteiger partial charge in [-0.05, 0) is 30.0 Å². The molecule has 1 N–H and O–H groups in total. The number of benzene rings is 1. The van der Waals surface area contributed by atoms with Crippen LogP contribution in [0.25, 0.3) is 0 Å². The Labute approximate surface area is 128 Å². The van der Waals surface area contributed by atoms with Crippen molar-refractivity contribution in [2.75, 3.05) is 6.54 Å². The van der Waals surface area contributed by atoms with Crippen LogP contribution in [0, 0.1) is 0 Å². The van der Waals surface area contributed by atoms with Gasteiger partial charge in [-0.2, -0.15) is 0 Å². The first-order chi connectivity index (χ1) is 9.53. The molecule has 1 aromatic carbocycles. The van der Waals surface area contributed by atoms with Gasteiger partial charge < -0.3 is 0 Å². The fourth-order valence-electron chi connectivity index (χ4n) is 1.95. The number of thiophene rings is 1. The van der Waals surface area contributed by atoms with Crippen LogP contribution in [0.5, 0.6) is 0 Å². The highest BCUT2D eigenvalue weighted by atomic mass is 35.5. The van der Waals surface area contributed by atoms with Crippen LogP contribution in [0.15, 0.2) is 46.7 Å². The van der Waals surface area contributed by atoms with Crippen molar-refractivity contribution < 1.29 is 8.42 Å². The molecule has 0 saturated carbocycles. The Balaban J connectivity index is 2.07. The minimum Gasteiger partial charge on any atom is -0.210 e. The number of rotatable bonds is 6. The summed E-state index contributed by atoms with van der Waals surface area (Å²) >= 11 is 6.84. The molecule has 0 aliphatic heterocycles. The van der Waals surface area contributed by atoms with E-state index in [1.807, 2.05) is 37.3 Å². The van der Waals surface area contributed by atoms with Crippen LogP contribution < -0.4 is 4.72 Å². The van der Waals surface area contributed by atoms with Gasteiger partial charge in [-0.3, -0.25) is 0 Å². The second-order valence-corrected chi connectivity index (χ2v) is 8.14. The maximum atomic E-state index is 12.1. The standard InChI is InChI=1S/C14H16ClNO2S2/c1-2-11(12-6-4-3-5-7-12)10-16-20(17,18)14-9-8-13(15)19-14/h3-9,11,16H,2,10H2,1H3. The number of sulfonamides is 1. The average Bonchev–Trinajstić information content (AvgIpc) is 2.88. The fourth-order valence-corrected chi connectivity index (χ4v) is 4.56. The summed E-state index contributed by atoms with van der Waals surface area (Å²) in [6.45, 7) is 2.44. The summed E-state index contributed by atoms with van der Waals surface area (Å²) in [4.78, 5) is 0. The first kappa shape index (κ1) is 15.5. The van der Waals surface area contributed by atoms with E-state index in [9.17, 15) is 8.42 Å². The molecule has 20 heavy (non-hydrogen) atoms. The van der Waals surface area contributed by atoms with E-state index in [1.54, 1.807) is 6.07 Å². The summed E-state index contributed by atoms with van der Waals surface area (Å²) in [5.74, 6) is 0.168. The van der Waals surface area contributed by atoms with E-state index in [-0.39, 0.29) is 10.1 Å². The van der Waals surface area contributed by atoms with Gasteiger partial charge in [-0.15, -0.1) is 11.3 Å². The third-order valence-corrected chi connectivity index (χ3v) is 6.24. The van der Waals surface area contributed by atoms with Crippen LogP contribution >= 0.6 is 22.9 Å². The molecular formula is C14H16ClNO2S2. The van der Waals surface area contributed by atoms with Crippen LogP contribution in [0.1, 0.15) is 24.8 Å². The van der Waals surface area contributed by atoms with Crippen LogP contribution in [-0.4, -0.2) is 15.0 Å². The van der Waals surface area contributed by atoms with Crippen LogP contribution in [0.2, 0.25) is 4.34 Å². The Bertz CT molecular complexity index is 653. The summed E-state index contributed by atoms with van der Waals surface area (Å²) in [6.07, 6.45) is 0.873. The topological polar surface area (TPSA) is 46.2 Å². The van der Waals surface area contributed by atoms with E-state index in [0.29, 0.717) is 10.9 Å². The first-order valence-electron chi connectivity index (χ1n) is 6.33. The predicted octanol–water partition coefficient (Wildman–Crippen LogP) is 3.87. The van der Waals surface area contributed by atoms with E-state index in [4.69, 9.17) is 11.6 Å². The molecule has 108 valence electrons. The lowest BCUT2D eigenvalue weighted by Gasteiger charge is -2.15. The monoisotopic (exact) mass is 329 g/mol. The van der Waals surface area contributed by atoms with Crippen molar-refractivity contribution in [2.24, 2.45) is 0 Å². The second-order valence-electron chi connectivity index (χ2n) is 4.43. The normalized spacial score (nSPS) is 13.3. The number of nitrogens with one attached hydrogen (secondary N) is 1. The third kappa shape index (κ3) is 3.82. The summed E-state index contributed by atoms with van der Waals surface area (Å²) in [5.41, 5.74) is 1.14. The van der Waals surface area contributed by atoms with Gasteiger partial charge in [0.05, 0.1) is 4.34 Å². The van der Waals surface area contributed by atoms with Gasteiger partial charge in [0, 0.05) is 6.54 Å². The maximum absolute atomic E-state index is 12.1. The Morgan fingerprint density at radius 3 is 2.45 bits per heavy atom. The third-order valence-electron chi connectivity index (χ3n) is 3.10. The molecule has 0 amide bonds. The van der Waals surface area contributed by atoms with Crippen LogP contribution in [0.3, 0.4) is 0 Å². The Morgan fingerprint density at radius 2 is 1.90 bits per heavy atom. The van der Waals surface area contributed by atoms with Gasteiger partial charge in [0.1, 0.15) is 4.21 Å². The Kier molecular flexibility index (Phi) is 5.21. The van der Waals surface area contributed by atoms with Crippen LogP contribution in [-0.2, 0) is 10.0 Å². The van der Waals surface area contributed by atoms with E-state index < -0.39 is 10.0 Å². The molecule has 6 heteroatoms. The second kappa shape index (κ2) is 6.72. The number of hydrogen-bond donors (Lipinski definition) is 1. The largest absolute Gasteiger partial charge is 0.250 e. The summed E-state index contributed by atoms with van der Waals surface area (Å²) in [5, 5.41) is 0. The van der Waals surface area contributed by atoms with Crippen molar-refractivity contribution >= 4 is 33.0 Å². The highest BCUT2D eigenvalue weighted by Crippen LogP contribution is 2.26. The summed E-state index contributed by atoms with van der Waals surface area (Å²) in [6, 6.07) is 13.0. The molecule has 3 nitrogen and oxygen atoms in total. The van der Waals surface area contributed by atoms with Crippen molar-refractivity contribution in [1.29, 1.82) is 0 Å². The molecule has 0 aliphatic rings. The molecule has 1 atom stereocenters. The molecule has 2 rings (SSSR count). The predicted molar refractivity (Wildman–Crippen MR) is 84.0 cm³/mol. The molecule has 2 aromatic rings. The molecule has 0 bridgehead atoms. The smallest absolute Gasteiger partial charge is 0.210 e. The SMILES string of the molecule is CCC(CNS(=O)(=O)c1ccc(Cl)s1)c1ccccc1. The van der Waals surface area contributed by atoms with Crippen molar-refractivity contribution in [2.45, 2.75) is 23.5 Å². The minimum absolute atomic E-state index is 0.168. The van der Waals surface area contributed by atoms with Crippen molar-refractivity contribution in [3.05, 3.63) is 52.4 Å². The van der Waals surface area contributed by atoms with Crippen LogP contribution in [0.4, 0.5) is 0 Å². The quantitative estimate of drug-likeness (QED) is 0.874. The Hall–Kier alpha value is -0.880. The lowest BCUT2D eigenvalue weighted by molar-refractivity contribution is 0.568. The molecule has 1 heterocycles. The fraction of sp³-hybridized carbons (Fsp3) is 0.286. The van der Waals surface area contributed by atoms with Gasteiger partial charge >= 0.3 is 0 Å². The average molecular weight is 330 g/mol. The highest BCUT2D eigenvalue weighted by molar-refractivity contribution is 7.91. The van der Waals surface area contributed by atoms with Crippen molar-refractivity contribution in [3.8, 4) is 0 Å². The molecule has 0 saturated heterocycles. The molecule has 0 fully saturated rings. The van der Waals surface area contributed by atoms with Gasteiger partial charge in [-0.25, -0.2) is 13.1 Å². The zero-order chi connectivity index (χ0) is 14.6. The summed E-state index contributed by atoms with van der Waals surface area (Å²) < 4.78 is 27.7. The Morgan fingerprint density at radius 1 is 1.20 bits per heavy atom.